The number of aryl methyl sites for hydroxylation is 2. The molecule has 0 aliphatic carbocycles. The van der Waals surface area contributed by atoms with Crippen LogP contribution in [-0.4, -0.2) is 61.2 Å². The fourth-order valence-corrected chi connectivity index (χ4v) is 4.98. The van der Waals surface area contributed by atoms with Gasteiger partial charge in [-0.2, -0.15) is 4.98 Å². The minimum Gasteiger partial charge on any atom is -0.340 e. The molecule has 1 aliphatic rings. The lowest BCUT2D eigenvalue weighted by Gasteiger charge is -2.34. The Labute approximate surface area is 194 Å². The Morgan fingerprint density at radius 3 is 2.52 bits per heavy atom. The van der Waals surface area contributed by atoms with Crippen LogP contribution in [-0.2, 0) is 24.4 Å². The molecule has 3 aromatic heterocycles. The van der Waals surface area contributed by atoms with Crippen molar-refractivity contribution < 1.29 is 9.32 Å². The molecule has 1 saturated heterocycles. The number of carbonyl (C=O) groups is 1. The van der Waals surface area contributed by atoms with E-state index >= 15 is 0 Å². The second-order valence-electron chi connectivity index (χ2n) is 8.06. The molecule has 5 rings (SSSR count). The SMILES string of the molecule is CCn1c(=O)n(CCC(=O)N2CCN(Cc3nc(-c4cccs4)no3)CC2)c2ccccc21. The molecule has 1 aromatic carbocycles. The molecule has 1 aliphatic heterocycles. The number of thiophene rings is 1. The van der Waals surface area contributed by atoms with Crippen LogP contribution in [0.3, 0.4) is 0 Å². The first-order valence-electron chi connectivity index (χ1n) is 11.2. The number of rotatable bonds is 7. The number of fused-ring (bicyclic) bond motifs is 1. The maximum Gasteiger partial charge on any atom is 0.329 e. The van der Waals surface area contributed by atoms with Gasteiger partial charge in [-0.05, 0) is 30.5 Å². The predicted molar refractivity (Wildman–Crippen MR) is 126 cm³/mol. The summed E-state index contributed by atoms with van der Waals surface area (Å²) < 4.78 is 8.87. The molecule has 10 heteroatoms. The number of piperazine rings is 1. The monoisotopic (exact) mass is 466 g/mol. The Kier molecular flexibility index (Phi) is 6.10. The maximum absolute atomic E-state index is 12.8. The van der Waals surface area contributed by atoms with Gasteiger partial charge in [0.25, 0.3) is 0 Å². The summed E-state index contributed by atoms with van der Waals surface area (Å²) in [6.07, 6.45) is 0.311. The van der Waals surface area contributed by atoms with E-state index in [0.717, 1.165) is 29.0 Å². The summed E-state index contributed by atoms with van der Waals surface area (Å²) in [5.74, 6) is 1.28. The Hall–Kier alpha value is -3.24. The zero-order valence-electron chi connectivity index (χ0n) is 18.5. The number of carbonyl (C=O) groups excluding carboxylic acids is 1. The minimum atomic E-state index is -0.0576. The maximum atomic E-state index is 12.8. The first-order chi connectivity index (χ1) is 16.1. The third-order valence-electron chi connectivity index (χ3n) is 6.08. The van der Waals surface area contributed by atoms with E-state index in [2.05, 4.69) is 15.0 Å². The van der Waals surface area contributed by atoms with Crippen molar-refractivity contribution in [2.24, 2.45) is 0 Å². The molecule has 4 aromatic rings. The van der Waals surface area contributed by atoms with Gasteiger partial charge >= 0.3 is 5.69 Å². The fourth-order valence-electron chi connectivity index (χ4n) is 4.33. The Morgan fingerprint density at radius 1 is 1.06 bits per heavy atom. The zero-order chi connectivity index (χ0) is 22.8. The number of hydrogen-bond donors (Lipinski definition) is 0. The summed E-state index contributed by atoms with van der Waals surface area (Å²) in [5, 5.41) is 6.05. The molecule has 33 heavy (non-hydrogen) atoms. The van der Waals surface area contributed by atoms with Gasteiger partial charge in [-0.15, -0.1) is 11.3 Å². The molecule has 0 N–H and O–H groups in total. The van der Waals surface area contributed by atoms with E-state index in [-0.39, 0.29) is 11.6 Å². The van der Waals surface area contributed by atoms with Gasteiger partial charge in [-0.3, -0.25) is 18.8 Å². The van der Waals surface area contributed by atoms with Crippen molar-refractivity contribution in [1.29, 1.82) is 0 Å². The topological polar surface area (TPSA) is 89.4 Å². The molecule has 0 saturated carbocycles. The third-order valence-corrected chi connectivity index (χ3v) is 6.95. The van der Waals surface area contributed by atoms with Crippen LogP contribution in [0.4, 0.5) is 0 Å². The molecule has 9 nitrogen and oxygen atoms in total. The van der Waals surface area contributed by atoms with Crippen LogP contribution < -0.4 is 5.69 Å². The van der Waals surface area contributed by atoms with Crippen molar-refractivity contribution in [3.05, 3.63) is 58.2 Å². The van der Waals surface area contributed by atoms with E-state index in [1.807, 2.05) is 53.6 Å². The summed E-state index contributed by atoms with van der Waals surface area (Å²) >= 11 is 1.58. The molecule has 0 unspecified atom stereocenters. The normalized spacial score (nSPS) is 14.9. The average Bonchev–Trinajstić information content (AvgIpc) is 3.57. The van der Waals surface area contributed by atoms with Crippen LogP contribution in [0.15, 0.2) is 51.1 Å². The quantitative estimate of drug-likeness (QED) is 0.416. The van der Waals surface area contributed by atoms with Crippen molar-refractivity contribution in [3.8, 4) is 10.7 Å². The second kappa shape index (κ2) is 9.32. The van der Waals surface area contributed by atoms with Crippen LogP contribution in [0, 0.1) is 0 Å². The first-order valence-corrected chi connectivity index (χ1v) is 12.1. The van der Waals surface area contributed by atoms with E-state index in [1.165, 1.54) is 0 Å². The highest BCUT2D eigenvalue weighted by Gasteiger charge is 2.23. The van der Waals surface area contributed by atoms with E-state index in [4.69, 9.17) is 4.52 Å². The molecule has 172 valence electrons. The van der Waals surface area contributed by atoms with Crippen LogP contribution in [0.25, 0.3) is 21.7 Å². The van der Waals surface area contributed by atoms with Crippen molar-refractivity contribution in [3.63, 3.8) is 0 Å². The fraction of sp³-hybridized carbons (Fsp3) is 0.391. The highest BCUT2D eigenvalue weighted by Crippen LogP contribution is 2.22. The molecule has 1 fully saturated rings. The number of benzene rings is 1. The number of amides is 1. The summed E-state index contributed by atoms with van der Waals surface area (Å²) in [7, 11) is 0. The molecular weight excluding hydrogens is 440 g/mol. The van der Waals surface area contributed by atoms with E-state index in [0.29, 0.717) is 50.9 Å². The molecule has 0 spiro atoms. The van der Waals surface area contributed by atoms with E-state index < -0.39 is 0 Å². The van der Waals surface area contributed by atoms with Crippen molar-refractivity contribution >= 4 is 28.3 Å². The van der Waals surface area contributed by atoms with Gasteiger partial charge < -0.3 is 9.42 Å². The molecule has 1 amide bonds. The zero-order valence-corrected chi connectivity index (χ0v) is 19.3. The average molecular weight is 467 g/mol. The summed E-state index contributed by atoms with van der Waals surface area (Å²) in [6.45, 7) is 6.32. The van der Waals surface area contributed by atoms with Gasteiger partial charge in [0.2, 0.25) is 17.6 Å². The Bertz CT molecular complexity index is 1300. The first kappa shape index (κ1) is 21.6. The molecule has 0 radical (unpaired) electrons. The highest BCUT2D eigenvalue weighted by molar-refractivity contribution is 7.13. The predicted octanol–water partition coefficient (Wildman–Crippen LogP) is 2.67. The number of imidazole rings is 1. The lowest BCUT2D eigenvalue weighted by Crippen LogP contribution is -2.48. The van der Waals surface area contributed by atoms with Gasteiger partial charge in [-0.25, -0.2) is 4.79 Å². The van der Waals surface area contributed by atoms with Crippen LogP contribution >= 0.6 is 11.3 Å². The number of nitrogens with zero attached hydrogens (tertiary/aromatic N) is 6. The van der Waals surface area contributed by atoms with Gasteiger partial charge in [-0.1, -0.05) is 23.4 Å². The van der Waals surface area contributed by atoms with E-state index in [1.54, 1.807) is 20.5 Å². The van der Waals surface area contributed by atoms with Crippen molar-refractivity contribution in [1.82, 2.24) is 29.1 Å². The lowest BCUT2D eigenvalue weighted by molar-refractivity contribution is -0.133. The van der Waals surface area contributed by atoms with Crippen LogP contribution in [0.1, 0.15) is 19.2 Å². The summed E-state index contributed by atoms with van der Waals surface area (Å²) in [5.41, 5.74) is 1.73. The van der Waals surface area contributed by atoms with Crippen molar-refractivity contribution in [2.75, 3.05) is 26.2 Å². The smallest absolute Gasteiger partial charge is 0.329 e. The third kappa shape index (κ3) is 4.36. The van der Waals surface area contributed by atoms with Gasteiger partial charge in [0, 0.05) is 45.7 Å². The standard InChI is InChI=1S/C23H26N6O3S/c1-2-28-17-6-3-4-7-18(17)29(23(28)31)10-9-21(30)27-13-11-26(12-14-27)16-20-24-22(25-32-20)19-8-5-15-33-19/h3-8,15H,2,9-14,16H2,1H3. The van der Waals surface area contributed by atoms with Crippen molar-refractivity contribution in [2.45, 2.75) is 33.0 Å². The molecule has 4 heterocycles. The molecule has 0 atom stereocenters. The number of hydrogen-bond acceptors (Lipinski definition) is 7. The number of aromatic nitrogens is 4. The van der Waals surface area contributed by atoms with Gasteiger partial charge in [0.15, 0.2) is 0 Å². The van der Waals surface area contributed by atoms with Crippen LogP contribution in [0.2, 0.25) is 0 Å². The molecular formula is C23H26N6O3S. The van der Waals surface area contributed by atoms with Gasteiger partial charge in [0.05, 0.1) is 22.5 Å². The Morgan fingerprint density at radius 2 is 1.82 bits per heavy atom. The molecule has 0 bridgehead atoms. The summed E-state index contributed by atoms with van der Waals surface area (Å²) in [4.78, 5) is 35.2. The largest absolute Gasteiger partial charge is 0.340 e. The minimum absolute atomic E-state index is 0.0576. The second-order valence-corrected chi connectivity index (χ2v) is 9.01. The summed E-state index contributed by atoms with van der Waals surface area (Å²) in [6, 6.07) is 11.7. The van der Waals surface area contributed by atoms with Gasteiger partial charge in [0.1, 0.15) is 0 Å². The number of para-hydroxylation sites is 2. The van der Waals surface area contributed by atoms with Crippen LogP contribution in [0.5, 0.6) is 0 Å². The highest BCUT2D eigenvalue weighted by atomic mass is 32.1. The van der Waals surface area contributed by atoms with E-state index in [9.17, 15) is 9.59 Å². The lowest BCUT2D eigenvalue weighted by atomic mass is 10.2. The Balaban J connectivity index is 1.15.